The Kier molecular flexibility index (Phi) is 3.82. The molecule has 0 aliphatic heterocycles. The lowest BCUT2D eigenvalue weighted by Gasteiger charge is -2.56. The fourth-order valence-electron chi connectivity index (χ4n) is 5.43. The minimum atomic E-state index is -3.83. The molecule has 0 spiro atoms. The van der Waals surface area contributed by atoms with E-state index in [1.807, 2.05) is 0 Å². The van der Waals surface area contributed by atoms with Gasteiger partial charge in [0, 0.05) is 10.0 Å². The second kappa shape index (κ2) is 5.54. The van der Waals surface area contributed by atoms with E-state index in [4.69, 9.17) is 5.14 Å². The molecule has 1 aromatic carbocycles. The molecule has 4 aliphatic rings. The van der Waals surface area contributed by atoms with Gasteiger partial charge in [-0.3, -0.25) is 4.79 Å². The standard InChI is InChI=1S/C17H21BrN2O3S/c18-15-2-1-13(24(19,22)23)6-14(15)16(21)20-17-7-10-3-11(8-17)5-12(4-10)9-17/h1-2,6,10-12H,3-5,7-9H2,(H,20,21)(H2,19,22,23). The quantitative estimate of drug-likeness (QED) is 0.799. The highest BCUT2D eigenvalue weighted by molar-refractivity contribution is 9.10. The monoisotopic (exact) mass is 412 g/mol. The molecule has 7 heteroatoms. The van der Waals surface area contributed by atoms with E-state index in [2.05, 4.69) is 21.2 Å². The largest absolute Gasteiger partial charge is 0.347 e. The lowest BCUT2D eigenvalue weighted by atomic mass is 9.53. The van der Waals surface area contributed by atoms with Crippen molar-refractivity contribution in [3.05, 3.63) is 28.2 Å². The van der Waals surface area contributed by atoms with Crippen molar-refractivity contribution in [3.8, 4) is 0 Å². The lowest BCUT2D eigenvalue weighted by molar-refractivity contribution is -0.0167. The van der Waals surface area contributed by atoms with Crippen molar-refractivity contribution in [1.29, 1.82) is 0 Å². The number of hydrogen-bond acceptors (Lipinski definition) is 3. The van der Waals surface area contributed by atoms with Crippen LogP contribution < -0.4 is 10.5 Å². The summed E-state index contributed by atoms with van der Waals surface area (Å²) in [4.78, 5) is 12.8. The molecule has 24 heavy (non-hydrogen) atoms. The lowest BCUT2D eigenvalue weighted by Crippen LogP contribution is -2.59. The van der Waals surface area contributed by atoms with Crippen LogP contribution in [-0.2, 0) is 10.0 Å². The van der Waals surface area contributed by atoms with E-state index in [1.165, 1.54) is 31.4 Å². The number of halogens is 1. The summed E-state index contributed by atoms with van der Waals surface area (Å²) < 4.78 is 23.7. The van der Waals surface area contributed by atoms with Gasteiger partial charge in [0.25, 0.3) is 5.91 Å². The molecule has 3 N–H and O–H groups in total. The van der Waals surface area contributed by atoms with E-state index in [1.54, 1.807) is 6.07 Å². The maximum atomic E-state index is 12.9. The first-order valence-corrected chi connectivity index (χ1v) is 10.7. The Balaban J connectivity index is 1.61. The predicted octanol–water partition coefficient (Wildman–Crippen LogP) is 2.80. The SMILES string of the molecule is NS(=O)(=O)c1ccc(Br)c(C(=O)NC23CC4CC(CC(C4)C2)C3)c1. The van der Waals surface area contributed by atoms with Crippen LogP contribution in [0, 0.1) is 17.8 Å². The molecule has 0 atom stereocenters. The molecule has 0 unspecified atom stereocenters. The number of nitrogens with one attached hydrogen (secondary N) is 1. The summed E-state index contributed by atoms with van der Waals surface area (Å²) in [5.41, 5.74) is 0.223. The van der Waals surface area contributed by atoms with Crippen molar-refractivity contribution in [1.82, 2.24) is 5.32 Å². The number of amides is 1. The summed E-state index contributed by atoms with van der Waals surface area (Å²) in [6.07, 6.45) is 7.07. The van der Waals surface area contributed by atoms with Crippen LogP contribution in [0.1, 0.15) is 48.9 Å². The van der Waals surface area contributed by atoms with Crippen LogP contribution in [0.2, 0.25) is 0 Å². The number of carbonyl (C=O) groups is 1. The van der Waals surface area contributed by atoms with Crippen LogP contribution in [0.15, 0.2) is 27.6 Å². The normalized spacial score (nSPS) is 34.3. The molecule has 4 saturated carbocycles. The van der Waals surface area contributed by atoms with Gasteiger partial charge in [0.1, 0.15) is 0 Å². The van der Waals surface area contributed by atoms with Gasteiger partial charge in [0.15, 0.2) is 0 Å². The maximum absolute atomic E-state index is 12.9. The fraction of sp³-hybridized carbons (Fsp3) is 0.588. The first-order valence-electron chi connectivity index (χ1n) is 8.39. The van der Waals surface area contributed by atoms with Gasteiger partial charge in [-0.05, 0) is 90.4 Å². The fourth-order valence-corrected chi connectivity index (χ4v) is 6.39. The molecule has 0 saturated heterocycles. The molecular weight excluding hydrogens is 392 g/mol. The van der Waals surface area contributed by atoms with Crippen molar-refractivity contribution in [2.75, 3.05) is 0 Å². The Labute approximate surface area is 150 Å². The average Bonchev–Trinajstić information content (AvgIpc) is 2.44. The summed E-state index contributed by atoms with van der Waals surface area (Å²) in [6.45, 7) is 0. The van der Waals surface area contributed by atoms with Gasteiger partial charge in [-0.1, -0.05) is 0 Å². The Morgan fingerprint density at radius 1 is 1.12 bits per heavy atom. The van der Waals surface area contributed by atoms with E-state index in [-0.39, 0.29) is 16.3 Å². The van der Waals surface area contributed by atoms with Crippen LogP contribution in [0.5, 0.6) is 0 Å². The number of benzene rings is 1. The minimum Gasteiger partial charge on any atom is -0.347 e. The number of hydrogen-bond donors (Lipinski definition) is 2. The van der Waals surface area contributed by atoms with Gasteiger partial charge in [-0.2, -0.15) is 0 Å². The van der Waals surface area contributed by atoms with Gasteiger partial charge in [0.2, 0.25) is 10.0 Å². The third kappa shape index (κ3) is 2.91. The highest BCUT2D eigenvalue weighted by atomic mass is 79.9. The number of sulfonamides is 1. The van der Waals surface area contributed by atoms with Crippen molar-refractivity contribution in [2.45, 2.75) is 49.0 Å². The topological polar surface area (TPSA) is 89.3 Å². The van der Waals surface area contributed by atoms with Crippen molar-refractivity contribution in [3.63, 3.8) is 0 Å². The maximum Gasteiger partial charge on any atom is 0.252 e. The molecule has 0 heterocycles. The number of rotatable bonds is 3. The Morgan fingerprint density at radius 3 is 2.17 bits per heavy atom. The molecule has 130 valence electrons. The van der Waals surface area contributed by atoms with Crippen molar-refractivity contribution >= 4 is 31.9 Å². The first kappa shape index (κ1) is 16.5. The van der Waals surface area contributed by atoms with E-state index >= 15 is 0 Å². The second-order valence-electron chi connectivity index (χ2n) is 7.84. The van der Waals surface area contributed by atoms with E-state index in [0.29, 0.717) is 10.0 Å². The number of nitrogens with two attached hydrogens (primary N) is 1. The zero-order valence-corrected chi connectivity index (χ0v) is 15.7. The Morgan fingerprint density at radius 2 is 1.67 bits per heavy atom. The molecule has 5 nitrogen and oxygen atoms in total. The van der Waals surface area contributed by atoms with E-state index in [9.17, 15) is 13.2 Å². The molecule has 1 aromatic rings. The summed E-state index contributed by atoms with van der Waals surface area (Å²) in [7, 11) is -3.83. The zero-order chi connectivity index (χ0) is 17.1. The van der Waals surface area contributed by atoms with Gasteiger partial charge >= 0.3 is 0 Å². The summed E-state index contributed by atoms with van der Waals surface area (Å²) in [5.74, 6) is 1.98. The van der Waals surface area contributed by atoms with Crippen LogP contribution >= 0.6 is 15.9 Å². The highest BCUT2D eigenvalue weighted by Gasteiger charge is 2.51. The molecule has 0 aromatic heterocycles. The third-order valence-electron chi connectivity index (χ3n) is 5.93. The van der Waals surface area contributed by atoms with Gasteiger partial charge in [-0.15, -0.1) is 0 Å². The third-order valence-corrected chi connectivity index (χ3v) is 7.53. The smallest absolute Gasteiger partial charge is 0.252 e. The highest BCUT2D eigenvalue weighted by Crippen LogP contribution is 2.55. The second-order valence-corrected chi connectivity index (χ2v) is 10.3. The van der Waals surface area contributed by atoms with Crippen LogP contribution in [0.3, 0.4) is 0 Å². The Bertz CT molecular complexity index is 771. The summed E-state index contributed by atoms with van der Waals surface area (Å²) in [5, 5.41) is 8.44. The predicted molar refractivity (Wildman–Crippen MR) is 93.9 cm³/mol. The number of primary sulfonamides is 1. The molecular formula is C17H21BrN2O3S. The van der Waals surface area contributed by atoms with Gasteiger partial charge in [-0.25, -0.2) is 13.6 Å². The first-order chi connectivity index (χ1) is 11.2. The Hall–Kier alpha value is -0.920. The van der Waals surface area contributed by atoms with Crippen LogP contribution in [0.25, 0.3) is 0 Å². The van der Waals surface area contributed by atoms with Crippen molar-refractivity contribution < 1.29 is 13.2 Å². The molecule has 5 rings (SSSR count). The number of carbonyl (C=O) groups excluding carboxylic acids is 1. The molecule has 4 bridgehead atoms. The summed E-state index contributed by atoms with van der Waals surface area (Å²) in [6, 6.07) is 4.32. The molecule has 0 radical (unpaired) electrons. The average molecular weight is 413 g/mol. The van der Waals surface area contributed by atoms with Gasteiger partial charge in [0.05, 0.1) is 10.5 Å². The molecule has 4 fully saturated rings. The zero-order valence-electron chi connectivity index (χ0n) is 13.3. The van der Waals surface area contributed by atoms with E-state index in [0.717, 1.165) is 37.0 Å². The van der Waals surface area contributed by atoms with Gasteiger partial charge < -0.3 is 5.32 Å². The van der Waals surface area contributed by atoms with Crippen LogP contribution in [0.4, 0.5) is 0 Å². The summed E-state index contributed by atoms with van der Waals surface area (Å²) >= 11 is 3.35. The van der Waals surface area contributed by atoms with Crippen molar-refractivity contribution in [2.24, 2.45) is 22.9 Å². The van der Waals surface area contributed by atoms with E-state index < -0.39 is 10.0 Å². The molecule has 4 aliphatic carbocycles. The minimum absolute atomic E-state index is 0.0404. The van der Waals surface area contributed by atoms with Crippen LogP contribution in [-0.4, -0.2) is 19.9 Å². The molecule has 1 amide bonds.